The molecule has 0 aliphatic carbocycles. The topological polar surface area (TPSA) is 56.0 Å². The third-order valence-corrected chi connectivity index (χ3v) is 3.98. The summed E-state index contributed by atoms with van der Waals surface area (Å²) in [6.45, 7) is 2.00. The van der Waals surface area contributed by atoms with Crippen LogP contribution >= 0.6 is 0 Å². The van der Waals surface area contributed by atoms with Crippen LogP contribution in [0, 0.1) is 17.2 Å². The molecule has 114 valence electrons. The summed E-state index contributed by atoms with van der Waals surface area (Å²) in [4.78, 5) is 0. The fourth-order valence-electron chi connectivity index (χ4n) is 2.60. The van der Waals surface area contributed by atoms with E-state index in [1.165, 1.54) is 0 Å². The van der Waals surface area contributed by atoms with Crippen LogP contribution in [0.15, 0.2) is 60.7 Å². The number of benzene rings is 2. The molecule has 0 bridgehead atoms. The molecule has 0 saturated heterocycles. The number of aliphatic hydroxyl groups excluding tert-OH is 1. The smallest absolute Gasteiger partial charge is 0.101 e. The molecule has 0 aliphatic heterocycles. The molecule has 3 nitrogen and oxygen atoms in total. The summed E-state index contributed by atoms with van der Waals surface area (Å²) < 4.78 is 0. The molecular formula is C19H22N2O. The Kier molecular flexibility index (Phi) is 6.14. The first-order valence-electron chi connectivity index (χ1n) is 7.66. The lowest BCUT2D eigenvalue weighted by molar-refractivity contribution is 0.198. The molecule has 2 atom stereocenters. The van der Waals surface area contributed by atoms with Crippen molar-refractivity contribution in [3.05, 3.63) is 71.8 Å². The molecule has 0 aliphatic rings. The Morgan fingerprint density at radius 1 is 1.00 bits per heavy atom. The van der Waals surface area contributed by atoms with Crippen molar-refractivity contribution in [1.29, 1.82) is 5.26 Å². The number of aliphatic hydroxyl groups is 1. The van der Waals surface area contributed by atoms with Crippen molar-refractivity contribution in [2.45, 2.75) is 25.4 Å². The van der Waals surface area contributed by atoms with E-state index >= 15 is 0 Å². The third kappa shape index (κ3) is 3.94. The molecule has 2 N–H and O–H groups in total. The lowest BCUT2D eigenvalue weighted by Crippen LogP contribution is -2.39. The average molecular weight is 294 g/mol. The van der Waals surface area contributed by atoms with Crippen LogP contribution < -0.4 is 5.32 Å². The van der Waals surface area contributed by atoms with Crippen LogP contribution in [0.25, 0.3) is 0 Å². The van der Waals surface area contributed by atoms with Gasteiger partial charge in [0.15, 0.2) is 0 Å². The Hall–Kier alpha value is -2.15. The molecule has 0 amide bonds. The van der Waals surface area contributed by atoms with Crippen LogP contribution in [-0.2, 0) is 0 Å². The normalized spacial score (nSPS) is 13.5. The monoisotopic (exact) mass is 294 g/mol. The van der Waals surface area contributed by atoms with Crippen molar-refractivity contribution in [1.82, 2.24) is 5.32 Å². The molecule has 0 fully saturated rings. The van der Waals surface area contributed by atoms with E-state index in [2.05, 4.69) is 35.7 Å². The highest BCUT2D eigenvalue weighted by molar-refractivity contribution is 5.32. The van der Waals surface area contributed by atoms with E-state index in [9.17, 15) is 10.4 Å². The van der Waals surface area contributed by atoms with E-state index in [4.69, 9.17) is 0 Å². The van der Waals surface area contributed by atoms with Gasteiger partial charge in [0.1, 0.15) is 6.04 Å². The zero-order valence-electron chi connectivity index (χ0n) is 12.8. The van der Waals surface area contributed by atoms with Crippen LogP contribution in [0.1, 0.15) is 30.5 Å². The predicted octanol–water partition coefficient (Wildman–Crippen LogP) is 3.28. The molecule has 2 rings (SSSR count). The number of rotatable bonds is 7. The maximum atomic E-state index is 9.49. The first-order chi connectivity index (χ1) is 10.8. The van der Waals surface area contributed by atoms with Crippen LogP contribution in [0.3, 0.4) is 0 Å². The minimum Gasteiger partial charge on any atom is -0.396 e. The molecule has 0 saturated carbocycles. The van der Waals surface area contributed by atoms with Gasteiger partial charge in [0, 0.05) is 12.5 Å². The highest BCUT2D eigenvalue weighted by atomic mass is 16.3. The van der Waals surface area contributed by atoms with Gasteiger partial charge in [-0.05, 0) is 17.5 Å². The van der Waals surface area contributed by atoms with Crippen molar-refractivity contribution >= 4 is 0 Å². The minimum absolute atomic E-state index is 0.0119. The molecular weight excluding hydrogens is 272 g/mol. The predicted molar refractivity (Wildman–Crippen MR) is 88.1 cm³/mol. The van der Waals surface area contributed by atoms with Gasteiger partial charge < -0.3 is 5.11 Å². The van der Waals surface area contributed by atoms with Crippen LogP contribution in [0.4, 0.5) is 0 Å². The number of nitrogens with one attached hydrogen (secondary N) is 1. The van der Waals surface area contributed by atoms with Crippen LogP contribution in [0.2, 0.25) is 0 Å². The summed E-state index contributed by atoms with van der Waals surface area (Å²) in [7, 11) is 0. The summed E-state index contributed by atoms with van der Waals surface area (Å²) in [5.74, 6) is -0.0695. The van der Waals surface area contributed by atoms with Crippen molar-refractivity contribution in [3.63, 3.8) is 0 Å². The SMILES string of the molecule is CC[C@@H](CO)C(C#N)NC(c1ccccc1)c1ccccc1. The number of nitriles is 1. The van der Waals surface area contributed by atoms with E-state index in [0.29, 0.717) is 0 Å². The van der Waals surface area contributed by atoms with Crippen molar-refractivity contribution < 1.29 is 5.11 Å². The lowest BCUT2D eigenvalue weighted by atomic mass is 9.93. The first-order valence-corrected chi connectivity index (χ1v) is 7.66. The quantitative estimate of drug-likeness (QED) is 0.824. The molecule has 0 radical (unpaired) electrons. The summed E-state index contributed by atoms with van der Waals surface area (Å²) in [5, 5.41) is 22.4. The molecule has 0 aromatic heterocycles. The molecule has 22 heavy (non-hydrogen) atoms. The summed E-state index contributed by atoms with van der Waals surface area (Å²) in [5.41, 5.74) is 2.23. The van der Waals surface area contributed by atoms with E-state index in [1.54, 1.807) is 0 Å². The van der Waals surface area contributed by atoms with Gasteiger partial charge in [-0.25, -0.2) is 0 Å². The third-order valence-electron chi connectivity index (χ3n) is 3.98. The van der Waals surface area contributed by atoms with Gasteiger partial charge >= 0.3 is 0 Å². The Morgan fingerprint density at radius 3 is 1.86 bits per heavy atom. The van der Waals surface area contributed by atoms with Crippen LogP contribution in [-0.4, -0.2) is 17.8 Å². The standard InChI is InChI=1S/C19H22N2O/c1-2-15(14-22)18(13-20)21-19(16-9-5-3-6-10-16)17-11-7-4-8-12-17/h3-12,15,18-19,21-22H,2,14H2,1H3/t15-,18?/m0/s1. The van der Waals surface area contributed by atoms with Gasteiger partial charge in [-0.2, -0.15) is 5.26 Å². The highest BCUT2D eigenvalue weighted by Crippen LogP contribution is 2.24. The summed E-state index contributed by atoms with van der Waals surface area (Å²) >= 11 is 0. The first kappa shape index (κ1) is 16.2. The lowest BCUT2D eigenvalue weighted by Gasteiger charge is -2.26. The number of nitrogens with zero attached hydrogens (tertiary/aromatic N) is 1. The Bertz CT molecular complexity index is 548. The van der Waals surface area contributed by atoms with Gasteiger partial charge in [0.05, 0.1) is 12.1 Å². The average Bonchev–Trinajstić information content (AvgIpc) is 2.60. The van der Waals surface area contributed by atoms with E-state index in [0.717, 1.165) is 17.5 Å². The maximum absolute atomic E-state index is 9.49. The molecule has 0 spiro atoms. The second-order valence-electron chi connectivity index (χ2n) is 5.38. The van der Waals surface area contributed by atoms with Crippen molar-refractivity contribution in [2.24, 2.45) is 5.92 Å². The number of hydrogen-bond acceptors (Lipinski definition) is 3. The van der Waals surface area contributed by atoms with Crippen molar-refractivity contribution in [2.75, 3.05) is 6.61 Å². The van der Waals surface area contributed by atoms with E-state index in [1.807, 2.05) is 43.3 Å². The Labute approximate surface area is 132 Å². The molecule has 1 unspecified atom stereocenters. The highest BCUT2D eigenvalue weighted by Gasteiger charge is 2.24. The Balaban J connectivity index is 2.31. The molecule has 3 heteroatoms. The second-order valence-corrected chi connectivity index (χ2v) is 5.38. The minimum atomic E-state index is -0.389. The van der Waals surface area contributed by atoms with Gasteiger partial charge in [0.2, 0.25) is 0 Å². The van der Waals surface area contributed by atoms with E-state index in [-0.39, 0.29) is 24.6 Å². The largest absolute Gasteiger partial charge is 0.396 e. The van der Waals surface area contributed by atoms with Crippen LogP contribution in [0.5, 0.6) is 0 Å². The number of hydrogen-bond donors (Lipinski definition) is 2. The van der Waals surface area contributed by atoms with Crippen molar-refractivity contribution in [3.8, 4) is 6.07 Å². The molecule has 2 aromatic rings. The van der Waals surface area contributed by atoms with Gasteiger partial charge in [-0.1, -0.05) is 67.6 Å². The summed E-state index contributed by atoms with van der Waals surface area (Å²) in [6.07, 6.45) is 0.762. The second kappa shape index (κ2) is 8.33. The maximum Gasteiger partial charge on any atom is 0.101 e. The fourth-order valence-corrected chi connectivity index (χ4v) is 2.60. The van der Waals surface area contributed by atoms with Gasteiger partial charge in [-0.15, -0.1) is 0 Å². The molecule has 2 aromatic carbocycles. The molecule has 0 heterocycles. The van der Waals surface area contributed by atoms with E-state index < -0.39 is 0 Å². The zero-order chi connectivity index (χ0) is 15.8. The fraction of sp³-hybridized carbons (Fsp3) is 0.316. The summed E-state index contributed by atoms with van der Waals surface area (Å²) in [6, 6.07) is 22.0. The Morgan fingerprint density at radius 2 is 1.50 bits per heavy atom. The zero-order valence-corrected chi connectivity index (χ0v) is 12.8. The van der Waals surface area contributed by atoms with Gasteiger partial charge in [-0.3, -0.25) is 5.32 Å². The van der Waals surface area contributed by atoms with Gasteiger partial charge in [0.25, 0.3) is 0 Å².